The first kappa shape index (κ1) is 21.5. The van der Waals surface area contributed by atoms with E-state index in [4.69, 9.17) is 9.47 Å². The highest BCUT2D eigenvalue weighted by atomic mass is 16.5. The Kier molecular flexibility index (Phi) is 7.85. The highest BCUT2D eigenvalue weighted by Crippen LogP contribution is 2.22. The van der Waals surface area contributed by atoms with Crippen LogP contribution >= 0.6 is 0 Å². The topological polar surface area (TPSA) is 83.1 Å². The largest absolute Gasteiger partial charge is 0.381 e. The first-order valence-corrected chi connectivity index (χ1v) is 10.3. The Hall–Kier alpha value is -2.16. The third kappa shape index (κ3) is 6.42. The van der Waals surface area contributed by atoms with Gasteiger partial charge in [-0.3, -0.25) is 9.69 Å². The zero-order chi connectivity index (χ0) is 20.6. The number of carbonyl (C=O) groups is 2. The molecular weight excluding hydrogens is 372 g/mol. The summed E-state index contributed by atoms with van der Waals surface area (Å²) in [5.74, 6) is 0.482. The fourth-order valence-corrected chi connectivity index (χ4v) is 3.77. The molecule has 0 spiro atoms. The van der Waals surface area contributed by atoms with E-state index < -0.39 is 0 Å². The van der Waals surface area contributed by atoms with Crippen LogP contribution in [0.4, 0.5) is 10.5 Å². The fourth-order valence-electron chi connectivity index (χ4n) is 3.77. The Morgan fingerprint density at radius 2 is 1.86 bits per heavy atom. The predicted molar refractivity (Wildman–Crippen MR) is 111 cm³/mol. The Balaban J connectivity index is 1.50. The summed E-state index contributed by atoms with van der Waals surface area (Å²) in [6.07, 6.45) is 1.38. The summed E-state index contributed by atoms with van der Waals surface area (Å²) < 4.78 is 11.0. The Bertz CT molecular complexity index is 668. The lowest BCUT2D eigenvalue weighted by molar-refractivity contribution is -0.127. The van der Waals surface area contributed by atoms with Crippen LogP contribution in [0.5, 0.6) is 0 Å². The molecule has 29 heavy (non-hydrogen) atoms. The van der Waals surface area contributed by atoms with Gasteiger partial charge in [-0.1, -0.05) is 12.1 Å². The minimum Gasteiger partial charge on any atom is -0.381 e. The summed E-state index contributed by atoms with van der Waals surface area (Å²) in [5.41, 5.74) is 1.62. The van der Waals surface area contributed by atoms with Crippen LogP contribution in [0.3, 0.4) is 0 Å². The summed E-state index contributed by atoms with van der Waals surface area (Å²) in [4.78, 5) is 28.2. The minimum atomic E-state index is -0.223. The van der Waals surface area contributed by atoms with Crippen molar-refractivity contribution in [3.8, 4) is 0 Å². The Morgan fingerprint density at radius 3 is 2.48 bits per heavy atom. The van der Waals surface area contributed by atoms with Gasteiger partial charge in [0, 0.05) is 58.0 Å². The van der Waals surface area contributed by atoms with Crippen molar-refractivity contribution in [2.24, 2.45) is 5.92 Å². The normalized spacial score (nSPS) is 20.8. The number of anilines is 1. The van der Waals surface area contributed by atoms with Crippen LogP contribution in [0, 0.1) is 5.92 Å². The summed E-state index contributed by atoms with van der Waals surface area (Å²) in [6, 6.07) is 7.41. The highest BCUT2D eigenvalue weighted by Gasteiger charge is 2.31. The first-order valence-electron chi connectivity index (χ1n) is 10.3. The maximum atomic E-state index is 12.4. The van der Waals surface area contributed by atoms with E-state index in [1.807, 2.05) is 24.3 Å². The SMILES string of the molecule is CN(C)C(=O)Cc1ccc(NC(=O)NC[C@@H]([C@@H]2CCOC2)N2CCOCC2)cc1. The van der Waals surface area contributed by atoms with Crippen LogP contribution in [0.1, 0.15) is 12.0 Å². The number of urea groups is 1. The molecule has 2 aliphatic heterocycles. The van der Waals surface area contributed by atoms with Crippen molar-refractivity contribution in [3.05, 3.63) is 29.8 Å². The van der Waals surface area contributed by atoms with Crippen molar-refractivity contribution in [1.29, 1.82) is 0 Å². The molecule has 2 fully saturated rings. The van der Waals surface area contributed by atoms with Gasteiger partial charge >= 0.3 is 6.03 Å². The Labute approximate surface area is 172 Å². The second-order valence-corrected chi connectivity index (χ2v) is 7.84. The summed E-state index contributed by atoms with van der Waals surface area (Å²) in [6.45, 7) is 5.36. The highest BCUT2D eigenvalue weighted by molar-refractivity contribution is 5.89. The molecule has 3 rings (SSSR count). The van der Waals surface area contributed by atoms with Gasteiger partial charge in [0.2, 0.25) is 5.91 Å². The molecule has 2 saturated heterocycles. The summed E-state index contributed by atoms with van der Waals surface area (Å²) >= 11 is 0. The number of likely N-dealkylation sites (N-methyl/N-ethyl adjacent to an activating group) is 1. The standard InChI is InChI=1S/C21H32N4O4/c1-24(2)20(26)13-16-3-5-18(6-4-16)23-21(27)22-14-19(17-7-10-29-15-17)25-8-11-28-12-9-25/h3-6,17,19H,7-15H2,1-2H3,(H2,22,23,27)/t17-,19+/m1/s1. The van der Waals surface area contributed by atoms with Crippen LogP contribution in [0.15, 0.2) is 24.3 Å². The van der Waals surface area contributed by atoms with Gasteiger partial charge in [-0.2, -0.15) is 0 Å². The molecule has 8 nitrogen and oxygen atoms in total. The van der Waals surface area contributed by atoms with Crippen molar-refractivity contribution in [2.45, 2.75) is 18.9 Å². The molecule has 160 valence electrons. The molecule has 0 aliphatic carbocycles. The minimum absolute atomic E-state index is 0.0495. The van der Waals surface area contributed by atoms with Crippen molar-refractivity contribution in [2.75, 3.05) is 65.5 Å². The Morgan fingerprint density at radius 1 is 1.14 bits per heavy atom. The summed E-state index contributed by atoms with van der Waals surface area (Å²) in [7, 11) is 3.48. The van der Waals surface area contributed by atoms with Crippen LogP contribution in [0.2, 0.25) is 0 Å². The average Bonchev–Trinajstić information content (AvgIpc) is 3.25. The van der Waals surface area contributed by atoms with Crippen molar-refractivity contribution in [1.82, 2.24) is 15.1 Å². The smallest absolute Gasteiger partial charge is 0.319 e. The number of benzene rings is 1. The van der Waals surface area contributed by atoms with E-state index in [1.165, 1.54) is 0 Å². The van der Waals surface area contributed by atoms with Gasteiger partial charge in [0.05, 0.1) is 26.2 Å². The molecule has 1 aromatic rings. The van der Waals surface area contributed by atoms with Crippen LogP contribution in [-0.4, -0.2) is 87.9 Å². The lowest BCUT2D eigenvalue weighted by Gasteiger charge is -2.37. The van der Waals surface area contributed by atoms with Crippen LogP contribution in [0.25, 0.3) is 0 Å². The molecule has 2 heterocycles. The zero-order valence-corrected chi connectivity index (χ0v) is 17.4. The number of hydrogen-bond acceptors (Lipinski definition) is 5. The number of nitrogens with zero attached hydrogens (tertiary/aromatic N) is 2. The van der Waals surface area contributed by atoms with Gasteiger partial charge in [-0.25, -0.2) is 4.79 Å². The monoisotopic (exact) mass is 404 g/mol. The second-order valence-electron chi connectivity index (χ2n) is 7.84. The molecule has 2 atom stereocenters. The zero-order valence-electron chi connectivity index (χ0n) is 17.4. The van der Waals surface area contributed by atoms with Crippen molar-refractivity contribution in [3.63, 3.8) is 0 Å². The van der Waals surface area contributed by atoms with Gasteiger partial charge in [-0.15, -0.1) is 0 Å². The van der Waals surface area contributed by atoms with Gasteiger partial charge < -0.3 is 25.0 Å². The van der Waals surface area contributed by atoms with E-state index in [9.17, 15) is 9.59 Å². The first-order chi connectivity index (χ1) is 14.0. The number of ether oxygens (including phenoxy) is 2. The van der Waals surface area contributed by atoms with E-state index in [0.29, 0.717) is 24.6 Å². The number of nitrogens with one attached hydrogen (secondary N) is 2. The molecule has 1 aromatic carbocycles. The lowest BCUT2D eigenvalue weighted by Crippen LogP contribution is -2.52. The predicted octanol–water partition coefficient (Wildman–Crippen LogP) is 1.18. The number of rotatable bonds is 7. The number of amides is 3. The summed E-state index contributed by atoms with van der Waals surface area (Å²) in [5, 5.41) is 5.89. The van der Waals surface area contributed by atoms with Gasteiger partial charge in [0.15, 0.2) is 0 Å². The molecule has 8 heteroatoms. The molecule has 2 N–H and O–H groups in total. The second kappa shape index (κ2) is 10.6. The van der Waals surface area contributed by atoms with Crippen molar-refractivity contribution >= 4 is 17.6 Å². The van der Waals surface area contributed by atoms with Crippen LogP contribution in [-0.2, 0) is 20.7 Å². The molecule has 0 radical (unpaired) electrons. The van der Waals surface area contributed by atoms with E-state index in [0.717, 1.165) is 51.5 Å². The maximum Gasteiger partial charge on any atom is 0.319 e. The fraction of sp³-hybridized carbons (Fsp3) is 0.619. The lowest BCUT2D eigenvalue weighted by atomic mass is 9.97. The number of carbonyl (C=O) groups excluding carboxylic acids is 2. The quantitative estimate of drug-likeness (QED) is 0.713. The molecule has 3 amide bonds. The van der Waals surface area contributed by atoms with Gasteiger partial charge in [0.1, 0.15) is 0 Å². The van der Waals surface area contributed by atoms with Gasteiger partial charge in [-0.05, 0) is 24.1 Å². The average molecular weight is 405 g/mol. The third-order valence-electron chi connectivity index (χ3n) is 5.56. The van der Waals surface area contributed by atoms with Gasteiger partial charge in [0.25, 0.3) is 0 Å². The number of hydrogen-bond donors (Lipinski definition) is 2. The van der Waals surface area contributed by atoms with E-state index >= 15 is 0 Å². The van der Waals surface area contributed by atoms with Crippen LogP contribution < -0.4 is 10.6 Å². The third-order valence-corrected chi connectivity index (χ3v) is 5.56. The number of morpholine rings is 1. The molecule has 0 aromatic heterocycles. The molecule has 0 bridgehead atoms. The van der Waals surface area contributed by atoms with E-state index in [2.05, 4.69) is 15.5 Å². The molecule has 0 unspecified atom stereocenters. The van der Waals surface area contributed by atoms with E-state index in [-0.39, 0.29) is 18.0 Å². The maximum absolute atomic E-state index is 12.4. The molecule has 0 saturated carbocycles. The molecule has 2 aliphatic rings. The van der Waals surface area contributed by atoms with E-state index in [1.54, 1.807) is 19.0 Å². The molecular formula is C21H32N4O4. The van der Waals surface area contributed by atoms with Crippen molar-refractivity contribution < 1.29 is 19.1 Å².